The maximum absolute atomic E-state index is 11.1. The molecule has 0 aromatic heterocycles. The van der Waals surface area contributed by atoms with E-state index in [0.717, 1.165) is 19.4 Å². The molecule has 0 aromatic carbocycles. The molecule has 0 saturated carbocycles. The Morgan fingerprint density at radius 2 is 2.55 bits per heavy atom. The molecule has 0 amide bonds. The summed E-state index contributed by atoms with van der Waals surface area (Å²) in [6.45, 7) is 2.74. The van der Waals surface area contributed by atoms with Gasteiger partial charge < -0.3 is 10.1 Å². The molecule has 1 atom stereocenters. The first-order valence-corrected chi connectivity index (χ1v) is 3.89. The number of carbonyl (C=O) groups is 1. The van der Waals surface area contributed by atoms with Crippen molar-refractivity contribution >= 4 is 5.97 Å². The molecule has 1 rings (SSSR count). The summed E-state index contributed by atoms with van der Waals surface area (Å²) >= 11 is 0. The van der Waals surface area contributed by atoms with Crippen molar-refractivity contribution in [1.82, 2.24) is 5.32 Å². The average Bonchev–Trinajstić information content (AvgIpc) is 2.52. The Morgan fingerprint density at radius 3 is 3.09 bits per heavy atom. The highest BCUT2D eigenvalue weighted by Gasteiger charge is 2.22. The minimum atomic E-state index is -0.166. The molecule has 0 aliphatic carbocycles. The highest BCUT2D eigenvalue weighted by Crippen LogP contribution is 2.06. The normalized spacial score (nSPS) is 24.3. The van der Waals surface area contributed by atoms with Crippen molar-refractivity contribution < 1.29 is 9.53 Å². The molecule has 1 aliphatic heterocycles. The van der Waals surface area contributed by atoms with Gasteiger partial charge in [-0.3, -0.25) is 0 Å². The van der Waals surface area contributed by atoms with Crippen LogP contribution < -0.4 is 5.32 Å². The summed E-state index contributed by atoms with van der Waals surface area (Å²) < 4.78 is 4.79. The summed E-state index contributed by atoms with van der Waals surface area (Å²) in [5, 5.41) is 3.06. The van der Waals surface area contributed by atoms with Crippen LogP contribution in [0.3, 0.4) is 0 Å². The highest BCUT2D eigenvalue weighted by atomic mass is 16.5. The number of ether oxygens (including phenoxy) is 1. The molecule has 0 aromatic rings. The minimum Gasteiger partial charge on any atom is -0.434 e. The van der Waals surface area contributed by atoms with E-state index in [1.165, 1.54) is 6.26 Å². The fourth-order valence-electron chi connectivity index (χ4n) is 1.10. The fraction of sp³-hybridized carbons (Fsp3) is 0.625. The lowest BCUT2D eigenvalue weighted by molar-refractivity contribution is -0.140. The van der Waals surface area contributed by atoms with Gasteiger partial charge >= 0.3 is 5.97 Å². The van der Waals surface area contributed by atoms with Crippen molar-refractivity contribution in [3.63, 3.8) is 0 Å². The highest BCUT2D eigenvalue weighted by molar-refractivity contribution is 5.76. The van der Waals surface area contributed by atoms with Gasteiger partial charge in [0.15, 0.2) is 0 Å². The maximum atomic E-state index is 11.1. The molecule has 1 heterocycles. The van der Waals surface area contributed by atoms with E-state index in [1.54, 1.807) is 6.08 Å². The quantitative estimate of drug-likeness (QED) is 0.474. The van der Waals surface area contributed by atoms with Crippen LogP contribution in [-0.4, -0.2) is 18.6 Å². The van der Waals surface area contributed by atoms with Gasteiger partial charge in [0.05, 0.1) is 6.26 Å². The zero-order valence-electron chi connectivity index (χ0n) is 6.67. The van der Waals surface area contributed by atoms with Crippen molar-refractivity contribution in [2.45, 2.75) is 25.8 Å². The van der Waals surface area contributed by atoms with Crippen molar-refractivity contribution in [2.75, 3.05) is 6.54 Å². The molecular formula is C8H13NO2. The van der Waals surface area contributed by atoms with Crippen LogP contribution in [0, 0.1) is 0 Å². The van der Waals surface area contributed by atoms with Crippen molar-refractivity contribution in [2.24, 2.45) is 0 Å². The maximum Gasteiger partial charge on any atom is 0.327 e. The molecule has 11 heavy (non-hydrogen) atoms. The number of hydrogen-bond acceptors (Lipinski definition) is 3. The van der Waals surface area contributed by atoms with Gasteiger partial charge in [-0.1, -0.05) is 6.08 Å². The third-order valence-corrected chi connectivity index (χ3v) is 1.67. The van der Waals surface area contributed by atoms with Crippen molar-refractivity contribution in [3.05, 3.63) is 12.3 Å². The minimum absolute atomic E-state index is 0.0776. The first-order valence-electron chi connectivity index (χ1n) is 3.89. The number of nitrogens with one attached hydrogen (secondary N) is 1. The SMILES string of the molecule is C/C=C/OC(=O)C1CCCN1. The molecule has 0 radical (unpaired) electrons. The number of allylic oxidation sites excluding steroid dienone is 1. The molecule has 62 valence electrons. The van der Waals surface area contributed by atoms with Crippen molar-refractivity contribution in [1.29, 1.82) is 0 Å². The van der Waals surface area contributed by atoms with Crippen LogP contribution in [0.5, 0.6) is 0 Å². The van der Waals surface area contributed by atoms with E-state index in [9.17, 15) is 4.79 Å². The Hall–Kier alpha value is -0.830. The molecule has 0 spiro atoms. The number of rotatable bonds is 2. The lowest BCUT2D eigenvalue weighted by Gasteiger charge is -2.05. The van der Waals surface area contributed by atoms with E-state index in [1.807, 2.05) is 6.92 Å². The van der Waals surface area contributed by atoms with Gasteiger partial charge in [-0.15, -0.1) is 0 Å². The molecule has 1 aliphatic rings. The van der Waals surface area contributed by atoms with Crippen LogP contribution in [0.1, 0.15) is 19.8 Å². The molecule has 1 saturated heterocycles. The summed E-state index contributed by atoms with van der Waals surface area (Å²) in [6.07, 6.45) is 5.08. The third-order valence-electron chi connectivity index (χ3n) is 1.67. The van der Waals surface area contributed by atoms with Crippen molar-refractivity contribution in [3.8, 4) is 0 Å². The van der Waals surface area contributed by atoms with E-state index in [2.05, 4.69) is 5.32 Å². The van der Waals surface area contributed by atoms with Crippen LogP contribution in [-0.2, 0) is 9.53 Å². The van der Waals surface area contributed by atoms with E-state index < -0.39 is 0 Å². The number of carbonyl (C=O) groups excluding carboxylic acids is 1. The van der Waals surface area contributed by atoms with Crippen LogP contribution in [0.2, 0.25) is 0 Å². The standard InChI is InChI=1S/C8H13NO2/c1-2-6-11-8(10)7-4-3-5-9-7/h2,6-7,9H,3-5H2,1H3/b6-2+. The summed E-state index contributed by atoms with van der Waals surface area (Å²) in [5.41, 5.74) is 0. The van der Waals surface area contributed by atoms with Gasteiger partial charge in [-0.05, 0) is 26.3 Å². The average molecular weight is 155 g/mol. The summed E-state index contributed by atoms with van der Waals surface area (Å²) in [7, 11) is 0. The largest absolute Gasteiger partial charge is 0.434 e. The van der Waals surface area contributed by atoms with Gasteiger partial charge in [0.1, 0.15) is 6.04 Å². The van der Waals surface area contributed by atoms with E-state index in [-0.39, 0.29) is 12.0 Å². The predicted octanol–water partition coefficient (Wildman–Crippen LogP) is 0.815. The number of esters is 1. The Balaban J connectivity index is 2.28. The monoisotopic (exact) mass is 155 g/mol. The van der Waals surface area contributed by atoms with E-state index in [4.69, 9.17) is 4.74 Å². The van der Waals surface area contributed by atoms with Crippen LogP contribution in [0.15, 0.2) is 12.3 Å². The molecule has 3 heteroatoms. The zero-order chi connectivity index (χ0) is 8.10. The van der Waals surface area contributed by atoms with Gasteiger partial charge in [0.25, 0.3) is 0 Å². The van der Waals surface area contributed by atoms with Gasteiger partial charge in [0.2, 0.25) is 0 Å². The Morgan fingerprint density at radius 1 is 1.73 bits per heavy atom. The zero-order valence-corrected chi connectivity index (χ0v) is 6.67. The van der Waals surface area contributed by atoms with Crippen LogP contribution >= 0.6 is 0 Å². The lowest BCUT2D eigenvalue weighted by atomic mass is 10.2. The van der Waals surface area contributed by atoms with Gasteiger partial charge in [-0.2, -0.15) is 0 Å². The topological polar surface area (TPSA) is 38.3 Å². The number of hydrogen-bond donors (Lipinski definition) is 1. The summed E-state index contributed by atoms with van der Waals surface area (Å²) in [4.78, 5) is 11.1. The molecule has 1 unspecified atom stereocenters. The second kappa shape index (κ2) is 4.13. The van der Waals surface area contributed by atoms with Crippen LogP contribution in [0.25, 0.3) is 0 Å². The summed E-state index contributed by atoms with van der Waals surface area (Å²) in [6, 6.07) is -0.0776. The lowest BCUT2D eigenvalue weighted by Crippen LogP contribution is -2.31. The van der Waals surface area contributed by atoms with Gasteiger partial charge in [0, 0.05) is 0 Å². The molecule has 3 nitrogen and oxygen atoms in total. The molecular weight excluding hydrogens is 142 g/mol. The Labute approximate surface area is 66.4 Å². The van der Waals surface area contributed by atoms with Gasteiger partial charge in [-0.25, -0.2) is 4.79 Å². The first kappa shape index (κ1) is 8.27. The Bertz CT molecular complexity index is 159. The molecule has 1 N–H and O–H groups in total. The fourth-order valence-corrected chi connectivity index (χ4v) is 1.10. The summed E-state index contributed by atoms with van der Waals surface area (Å²) in [5.74, 6) is -0.166. The second-order valence-electron chi connectivity index (χ2n) is 2.56. The second-order valence-corrected chi connectivity index (χ2v) is 2.56. The predicted molar refractivity (Wildman–Crippen MR) is 41.9 cm³/mol. The first-order chi connectivity index (χ1) is 5.34. The smallest absolute Gasteiger partial charge is 0.327 e. The molecule has 1 fully saturated rings. The van der Waals surface area contributed by atoms with Crippen LogP contribution in [0.4, 0.5) is 0 Å². The van der Waals surface area contributed by atoms with E-state index in [0.29, 0.717) is 0 Å². The van der Waals surface area contributed by atoms with E-state index >= 15 is 0 Å². The molecule has 0 bridgehead atoms. The third kappa shape index (κ3) is 2.35. The Kier molecular flexibility index (Phi) is 3.11.